The molecule has 2 aromatic rings. The van der Waals surface area contributed by atoms with Crippen LogP contribution in [0.3, 0.4) is 0 Å². The van der Waals surface area contributed by atoms with Crippen LogP contribution in [0.25, 0.3) is 11.6 Å². The minimum atomic E-state index is -0.105. The first-order valence-corrected chi connectivity index (χ1v) is 6.76. The molecule has 22 heavy (non-hydrogen) atoms. The molecule has 0 amide bonds. The molecule has 0 aliphatic heterocycles. The molecule has 0 atom stereocenters. The lowest BCUT2D eigenvalue weighted by Gasteiger charge is -2.20. The zero-order chi connectivity index (χ0) is 15.3. The summed E-state index contributed by atoms with van der Waals surface area (Å²) in [4.78, 5) is 12.7. The van der Waals surface area contributed by atoms with E-state index in [0.29, 0.717) is 36.3 Å². The zero-order valence-electron chi connectivity index (χ0n) is 12.9. The first kappa shape index (κ1) is 18.3. The highest BCUT2D eigenvalue weighted by Gasteiger charge is 2.11. The van der Waals surface area contributed by atoms with Crippen LogP contribution in [0.1, 0.15) is 26.6 Å². The molecule has 0 radical (unpaired) electrons. The fourth-order valence-electron chi connectivity index (χ4n) is 1.65. The van der Waals surface area contributed by atoms with Gasteiger partial charge in [0, 0.05) is 24.7 Å². The summed E-state index contributed by atoms with van der Waals surface area (Å²) in [7, 11) is 0. The summed E-state index contributed by atoms with van der Waals surface area (Å²) in [5.74, 6) is 1.41. The second-order valence-corrected chi connectivity index (χ2v) is 5.62. The van der Waals surface area contributed by atoms with Gasteiger partial charge in [0.2, 0.25) is 0 Å². The molecule has 2 rings (SSSR count). The van der Waals surface area contributed by atoms with Crippen molar-refractivity contribution >= 4 is 29.9 Å². The topological polar surface area (TPSA) is 102 Å². The van der Waals surface area contributed by atoms with Gasteiger partial charge in [-0.3, -0.25) is 9.98 Å². The third-order valence-electron chi connectivity index (χ3n) is 2.47. The highest BCUT2D eigenvalue weighted by atomic mass is 127. The molecule has 0 unspecified atom stereocenters. The van der Waals surface area contributed by atoms with Gasteiger partial charge >= 0.3 is 0 Å². The first-order chi connectivity index (χ1) is 9.94. The Balaban J connectivity index is 0.00000242. The van der Waals surface area contributed by atoms with Gasteiger partial charge in [0.05, 0.1) is 0 Å². The summed E-state index contributed by atoms with van der Waals surface area (Å²) < 4.78 is 5.17. The Labute approximate surface area is 146 Å². The van der Waals surface area contributed by atoms with Crippen LogP contribution in [0, 0.1) is 0 Å². The van der Waals surface area contributed by atoms with Gasteiger partial charge in [-0.15, -0.1) is 24.0 Å². The van der Waals surface area contributed by atoms with Crippen LogP contribution in [0.4, 0.5) is 0 Å². The van der Waals surface area contributed by atoms with Gasteiger partial charge in [-0.05, 0) is 32.9 Å². The molecule has 2 aromatic heterocycles. The molecule has 7 nitrogen and oxygen atoms in total. The predicted molar refractivity (Wildman–Crippen MR) is 96.0 cm³/mol. The van der Waals surface area contributed by atoms with E-state index in [1.165, 1.54) is 0 Å². The number of aliphatic imine (C=N–C) groups is 1. The van der Waals surface area contributed by atoms with Crippen LogP contribution < -0.4 is 11.1 Å². The maximum atomic E-state index is 5.78. The van der Waals surface area contributed by atoms with Crippen molar-refractivity contribution in [3.8, 4) is 11.6 Å². The van der Waals surface area contributed by atoms with Gasteiger partial charge in [-0.25, -0.2) is 0 Å². The summed E-state index contributed by atoms with van der Waals surface area (Å²) in [6, 6.07) is 5.52. The van der Waals surface area contributed by atoms with E-state index in [1.54, 1.807) is 6.20 Å². The molecular formula is C14H21IN6O. The van der Waals surface area contributed by atoms with E-state index in [-0.39, 0.29) is 29.5 Å². The summed E-state index contributed by atoms with van der Waals surface area (Å²) in [5, 5.41) is 7.00. The molecule has 0 saturated heterocycles. The fraction of sp³-hybridized carbons (Fsp3) is 0.429. The number of nitrogens with one attached hydrogen (secondary N) is 1. The van der Waals surface area contributed by atoms with Crippen molar-refractivity contribution < 1.29 is 4.52 Å². The Morgan fingerprint density at radius 1 is 1.36 bits per heavy atom. The van der Waals surface area contributed by atoms with Crippen molar-refractivity contribution in [1.82, 2.24) is 20.4 Å². The minimum absolute atomic E-state index is 0. The van der Waals surface area contributed by atoms with Crippen molar-refractivity contribution in [3.63, 3.8) is 0 Å². The molecular weight excluding hydrogens is 395 g/mol. The zero-order valence-corrected chi connectivity index (χ0v) is 15.2. The standard InChI is InChI=1S/C14H20N6O.HI/c1-14(2,3)19-13(15)17-9-7-11-18-12(21-20-11)10-6-4-5-8-16-10;/h4-6,8H,7,9H2,1-3H3,(H3,15,17,19);1H. The largest absolute Gasteiger partial charge is 0.370 e. The molecule has 0 aliphatic rings. The van der Waals surface area contributed by atoms with Crippen LogP contribution >= 0.6 is 24.0 Å². The smallest absolute Gasteiger partial charge is 0.276 e. The molecule has 8 heteroatoms. The van der Waals surface area contributed by atoms with Gasteiger partial charge < -0.3 is 15.6 Å². The number of halogens is 1. The minimum Gasteiger partial charge on any atom is -0.370 e. The molecule has 0 aromatic carbocycles. The van der Waals surface area contributed by atoms with Crippen LogP contribution in [0.5, 0.6) is 0 Å². The molecule has 0 aliphatic carbocycles. The van der Waals surface area contributed by atoms with E-state index in [0.717, 1.165) is 0 Å². The number of rotatable bonds is 4. The van der Waals surface area contributed by atoms with E-state index in [1.807, 2.05) is 39.0 Å². The molecule has 2 heterocycles. The monoisotopic (exact) mass is 416 g/mol. The Morgan fingerprint density at radius 3 is 2.77 bits per heavy atom. The number of hydrogen-bond donors (Lipinski definition) is 2. The lowest BCUT2D eigenvalue weighted by atomic mass is 10.1. The molecule has 3 N–H and O–H groups in total. The van der Waals surface area contributed by atoms with Crippen molar-refractivity contribution in [2.45, 2.75) is 32.7 Å². The number of aromatic nitrogens is 3. The Kier molecular flexibility index (Phi) is 6.72. The van der Waals surface area contributed by atoms with E-state index < -0.39 is 0 Å². The van der Waals surface area contributed by atoms with Crippen molar-refractivity contribution in [2.75, 3.05) is 6.54 Å². The lowest BCUT2D eigenvalue weighted by Crippen LogP contribution is -2.45. The third-order valence-corrected chi connectivity index (χ3v) is 2.47. The average molecular weight is 416 g/mol. The molecule has 0 fully saturated rings. The predicted octanol–water partition coefficient (Wildman–Crippen LogP) is 1.99. The van der Waals surface area contributed by atoms with E-state index in [9.17, 15) is 0 Å². The molecule has 0 spiro atoms. The van der Waals surface area contributed by atoms with Crippen LogP contribution in [0.2, 0.25) is 0 Å². The number of nitrogens with zero attached hydrogens (tertiary/aromatic N) is 4. The Bertz CT molecular complexity index is 605. The quantitative estimate of drug-likeness (QED) is 0.449. The SMILES string of the molecule is CC(C)(C)NC(N)=NCCc1noc(-c2ccccn2)n1.I. The van der Waals surface area contributed by atoms with Crippen molar-refractivity contribution in [3.05, 3.63) is 30.2 Å². The number of pyridine rings is 1. The first-order valence-electron chi connectivity index (χ1n) is 6.76. The van der Waals surface area contributed by atoms with Crippen LogP contribution in [-0.2, 0) is 6.42 Å². The van der Waals surface area contributed by atoms with Crippen molar-refractivity contribution in [2.24, 2.45) is 10.7 Å². The number of hydrogen-bond acceptors (Lipinski definition) is 5. The maximum absolute atomic E-state index is 5.78. The second kappa shape index (κ2) is 8.06. The van der Waals surface area contributed by atoms with Crippen LogP contribution in [0.15, 0.2) is 33.9 Å². The fourth-order valence-corrected chi connectivity index (χ4v) is 1.65. The average Bonchev–Trinajstić information content (AvgIpc) is 2.86. The summed E-state index contributed by atoms with van der Waals surface area (Å²) in [6.07, 6.45) is 2.24. The Morgan fingerprint density at radius 2 is 2.14 bits per heavy atom. The summed E-state index contributed by atoms with van der Waals surface area (Å²) >= 11 is 0. The molecule has 0 bridgehead atoms. The van der Waals surface area contributed by atoms with Crippen LogP contribution in [-0.4, -0.2) is 33.2 Å². The Hall–Kier alpha value is -1.71. The van der Waals surface area contributed by atoms with Gasteiger partial charge in [-0.1, -0.05) is 11.2 Å². The van der Waals surface area contributed by atoms with E-state index >= 15 is 0 Å². The van der Waals surface area contributed by atoms with Gasteiger partial charge in [-0.2, -0.15) is 4.98 Å². The number of nitrogens with two attached hydrogens (primary N) is 1. The highest BCUT2D eigenvalue weighted by molar-refractivity contribution is 14.0. The van der Waals surface area contributed by atoms with Gasteiger partial charge in [0.25, 0.3) is 5.89 Å². The second-order valence-electron chi connectivity index (χ2n) is 5.62. The van der Waals surface area contributed by atoms with E-state index in [4.69, 9.17) is 10.3 Å². The number of guanidine groups is 1. The normalized spacial score (nSPS) is 11.9. The van der Waals surface area contributed by atoms with E-state index in [2.05, 4.69) is 25.4 Å². The summed E-state index contributed by atoms with van der Waals surface area (Å²) in [5.41, 5.74) is 6.34. The molecule has 0 saturated carbocycles. The van der Waals surface area contributed by atoms with Crippen molar-refractivity contribution in [1.29, 1.82) is 0 Å². The highest BCUT2D eigenvalue weighted by Crippen LogP contribution is 2.13. The third kappa shape index (κ3) is 5.96. The van der Waals surface area contributed by atoms with Gasteiger partial charge in [0.15, 0.2) is 11.8 Å². The van der Waals surface area contributed by atoms with Gasteiger partial charge in [0.1, 0.15) is 5.69 Å². The lowest BCUT2D eigenvalue weighted by molar-refractivity contribution is 0.421. The maximum Gasteiger partial charge on any atom is 0.276 e. The molecule has 120 valence electrons. The summed E-state index contributed by atoms with van der Waals surface area (Å²) in [6.45, 7) is 6.56.